The highest BCUT2D eigenvalue weighted by atomic mass is 19.1. The van der Waals surface area contributed by atoms with E-state index in [2.05, 4.69) is 47.3 Å². The van der Waals surface area contributed by atoms with E-state index in [1.807, 2.05) is 30.3 Å². The van der Waals surface area contributed by atoms with Gasteiger partial charge in [-0.05, 0) is 79.9 Å². The van der Waals surface area contributed by atoms with E-state index >= 15 is 0 Å². The van der Waals surface area contributed by atoms with Gasteiger partial charge >= 0.3 is 0 Å². The molecule has 46 heavy (non-hydrogen) atoms. The van der Waals surface area contributed by atoms with Crippen LogP contribution in [0.1, 0.15) is 39.0 Å². The molecule has 0 spiro atoms. The molecule has 0 aliphatic carbocycles. The lowest BCUT2D eigenvalue weighted by Crippen LogP contribution is -2.25. The maximum atomic E-state index is 14.8. The number of halogens is 1. The highest BCUT2D eigenvalue weighted by Crippen LogP contribution is 2.35. The van der Waals surface area contributed by atoms with E-state index in [1.54, 1.807) is 24.8 Å². The minimum absolute atomic E-state index is 0.0346. The molecule has 0 unspecified atom stereocenters. The van der Waals surface area contributed by atoms with Crippen LogP contribution in [-0.4, -0.2) is 67.2 Å². The minimum atomic E-state index is -0.355. The summed E-state index contributed by atoms with van der Waals surface area (Å²) in [5, 5.41) is 12.3. The van der Waals surface area contributed by atoms with Crippen LogP contribution in [-0.2, 0) is 4.79 Å². The number of aromatic amines is 2. The molecule has 0 radical (unpaired) electrons. The molecule has 6 heterocycles. The number of pyridine rings is 3. The van der Waals surface area contributed by atoms with Crippen molar-refractivity contribution in [2.24, 2.45) is 0 Å². The van der Waals surface area contributed by atoms with Crippen molar-refractivity contribution in [2.75, 3.05) is 31.6 Å². The predicted octanol–water partition coefficient (Wildman–Crippen LogP) is 6.97. The molecule has 5 aromatic heterocycles. The van der Waals surface area contributed by atoms with Crippen molar-refractivity contribution in [1.82, 2.24) is 35.0 Å². The largest absolute Gasteiger partial charge is 0.492 e. The highest BCUT2D eigenvalue weighted by molar-refractivity contribution is 6.00. The summed E-state index contributed by atoms with van der Waals surface area (Å²) >= 11 is 0. The standard InChI is InChI=1S/C35H35FN8O2/c1-2-3-6-33(45)40-25-14-23(19-37-20-25)30-18-29-32(21-39-30)42-43-34(29)31-17-28-27(7-8-38-35(28)41-31)22-13-24(36)16-26(15-22)46-12-11-44-9-4-5-10-44/h7-8,13-21H,2-6,9-12H2,1H3,(H,38,41)(H,40,45)(H,42,43). The number of benzene rings is 1. The topological polar surface area (TPSA) is 125 Å². The molecule has 11 heteroatoms. The summed E-state index contributed by atoms with van der Waals surface area (Å²) in [6.45, 7) is 5.59. The number of aromatic nitrogens is 6. The Kier molecular flexibility index (Phi) is 8.39. The summed E-state index contributed by atoms with van der Waals surface area (Å²) in [6, 6.07) is 12.5. The second-order valence-corrected chi connectivity index (χ2v) is 11.7. The molecule has 1 saturated heterocycles. The summed E-state index contributed by atoms with van der Waals surface area (Å²) in [5.74, 6) is 0.117. The average Bonchev–Trinajstić information content (AvgIpc) is 3.83. The molecule has 1 fully saturated rings. The van der Waals surface area contributed by atoms with Crippen LogP contribution in [0, 0.1) is 5.82 Å². The van der Waals surface area contributed by atoms with Crippen molar-refractivity contribution in [1.29, 1.82) is 0 Å². The summed E-state index contributed by atoms with van der Waals surface area (Å²) in [6.07, 6.45) is 11.5. The number of unbranched alkanes of at least 4 members (excludes halogenated alkanes) is 1. The smallest absolute Gasteiger partial charge is 0.224 e. The fraction of sp³-hybridized carbons (Fsp3) is 0.286. The quantitative estimate of drug-likeness (QED) is 0.143. The number of ether oxygens (including phenoxy) is 1. The van der Waals surface area contributed by atoms with E-state index in [4.69, 9.17) is 4.74 Å². The average molecular weight is 619 g/mol. The molecule has 1 aromatic carbocycles. The van der Waals surface area contributed by atoms with Gasteiger partial charge in [0.25, 0.3) is 0 Å². The van der Waals surface area contributed by atoms with Gasteiger partial charge in [-0.3, -0.25) is 24.8 Å². The Balaban J connectivity index is 1.17. The molecule has 1 aliphatic heterocycles. The van der Waals surface area contributed by atoms with Gasteiger partial charge in [0, 0.05) is 47.8 Å². The Morgan fingerprint density at radius 1 is 1.02 bits per heavy atom. The highest BCUT2D eigenvalue weighted by Gasteiger charge is 2.17. The van der Waals surface area contributed by atoms with E-state index < -0.39 is 0 Å². The van der Waals surface area contributed by atoms with Crippen LogP contribution in [0.2, 0.25) is 0 Å². The van der Waals surface area contributed by atoms with Crippen molar-refractivity contribution in [3.8, 4) is 39.5 Å². The first-order valence-corrected chi connectivity index (χ1v) is 15.8. The van der Waals surface area contributed by atoms with Crippen LogP contribution in [0.5, 0.6) is 5.75 Å². The molecular formula is C35H35FN8O2. The number of H-pyrrole nitrogens is 2. The molecule has 6 aromatic rings. The van der Waals surface area contributed by atoms with Crippen molar-refractivity contribution in [3.63, 3.8) is 0 Å². The van der Waals surface area contributed by atoms with Crippen molar-refractivity contribution in [3.05, 3.63) is 73.1 Å². The Morgan fingerprint density at radius 2 is 1.91 bits per heavy atom. The SMILES string of the molecule is CCCCC(=O)Nc1cncc(-c2cc3c(-c4cc5c(-c6cc(F)cc(OCCN7CCCC7)c6)ccnc5[nH]4)n[nH]c3cn2)c1. The van der Waals surface area contributed by atoms with E-state index in [-0.39, 0.29) is 11.7 Å². The Labute approximate surface area is 265 Å². The van der Waals surface area contributed by atoms with Gasteiger partial charge in [0.15, 0.2) is 0 Å². The molecule has 0 saturated carbocycles. The zero-order chi connectivity index (χ0) is 31.5. The van der Waals surface area contributed by atoms with E-state index in [0.717, 1.165) is 65.6 Å². The van der Waals surface area contributed by atoms with Crippen LogP contribution in [0.3, 0.4) is 0 Å². The molecule has 0 atom stereocenters. The lowest BCUT2D eigenvalue weighted by atomic mass is 10.0. The summed E-state index contributed by atoms with van der Waals surface area (Å²) in [7, 11) is 0. The zero-order valence-corrected chi connectivity index (χ0v) is 25.6. The number of rotatable bonds is 11. The van der Waals surface area contributed by atoms with Crippen molar-refractivity contribution >= 4 is 33.5 Å². The number of anilines is 1. The number of carbonyl (C=O) groups excluding carboxylic acids is 1. The Morgan fingerprint density at radius 3 is 2.78 bits per heavy atom. The second-order valence-electron chi connectivity index (χ2n) is 11.7. The summed E-state index contributed by atoms with van der Waals surface area (Å²) < 4.78 is 20.8. The summed E-state index contributed by atoms with van der Waals surface area (Å²) in [5.41, 5.74) is 6.52. The lowest BCUT2D eigenvalue weighted by Gasteiger charge is -2.15. The second kappa shape index (κ2) is 13.1. The molecule has 10 nitrogen and oxygen atoms in total. The molecule has 1 amide bonds. The van der Waals surface area contributed by atoms with Gasteiger partial charge in [0.05, 0.1) is 35.0 Å². The number of likely N-dealkylation sites (tertiary alicyclic amines) is 1. The molecule has 3 N–H and O–H groups in total. The Bertz CT molecular complexity index is 2010. The van der Waals surface area contributed by atoms with Gasteiger partial charge in [0.2, 0.25) is 5.91 Å². The Hall–Kier alpha value is -5.16. The van der Waals surface area contributed by atoms with Crippen molar-refractivity contribution < 1.29 is 13.9 Å². The van der Waals surface area contributed by atoms with Gasteiger partial charge in [-0.25, -0.2) is 9.37 Å². The van der Waals surface area contributed by atoms with Gasteiger partial charge in [0.1, 0.15) is 29.5 Å². The third-order valence-electron chi connectivity index (χ3n) is 8.37. The first kappa shape index (κ1) is 29.5. The minimum Gasteiger partial charge on any atom is -0.492 e. The van der Waals surface area contributed by atoms with E-state index in [1.165, 1.54) is 25.0 Å². The van der Waals surface area contributed by atoms with Crippen LogP contribution in [0.15, 0.2) is 67.3 Å². The maximum Gasteiger partial charge on any atom is 0.224 e. The first-order valence-electron chi connectivity index (χ1n) is 15.8. The summed E-state index contributed by atoms with van der Waals surface area (Å²) in [4.78, 5) is 31.5. The number of nitrogens with zero attached hydrogens (tertiary/aromatic N) is 5. The molecule has 234 valence electrons. The van der Waals surface area contributed by atoms with Gasteiger partial charge in [-0.1, -0.05) is 13.3 Å². The fourth-order valence-corrected chi connectivity index (χ4v) is 6.00. The third-order valence-corrected chi connectivity index (χ3v) is 8.37. The zero-order valence-electron chi connectivity index (χ0n) is 25.6. The number of hydrogen-bond acceptors (Lipinski definition) is 7. The van der Waals surface area contributed by atoms with Crippen molar-refractivity contribution in [2.45, 2.75) is 39.0 Å². The fourth-order valence-electron chi connectivity index (χ4n) is 6.00. The monoisotopic (exact) mass is 618 g/mol. The maximum absolute atomic E-state index is 14.8. The number of nitrogens with one attached hydrogen (secondary N) is 3. The third kappa shape index (κ3) is 6.32. The molecule has 0 bridgehead atoms. The van der Waals surface area contributed by atoms with Gasteiger partial charge < -0.3 is 15.0 Å². The van der Waals surface area contributed by atoms with E-state index in [9.17, 15) is 9.18 Å². The first-order chi connectivity index (χ1) is 22.5. The van der Waals surface area contributed by atoms with Gasteiger partial charge in [-0.2, -0.15) is 5.10 Å². The lowest BCUT2D eigenvalue weighted by molar-refractivity contribution is -0.116. The van der Waals surface area contributed by atoms with Crippen LogP contribution < -0.4 is 10.1 Å². The molecular weight excluding hydrogens is 583 g/mol. The van der Waals surface area contributed by atoms with Crippen LogP contribution >= 0.6 is 0 Å². The number of hydrogen-bond donors (Lipinski definition) is 3. The number of amides is 1. The number of fused-ring (bicyclic) bond motifs is 2. The van der Waals surface area contributed by atoms with Gasteiger partial charge in [-0.15, -0.1) is 0 Å². The molecule has 1 aliphatic rings. The van der Waals surface area contributed by atoms with E-state index in [0.29, 0.717) is 47.1 Å². The normalized spacial score (nSPS) is 13.5. The number of carbonyl (C=O) groups is 1. The van der Waals surface area contributed by atoms with Crippen LogP contribution in [0.25, 0.3) is 55.7 Å². The van der Waals surface area contributed by atoms with Crippen LogP contribution in [0.4, 0.5) is 10.1 Å². The molecule has 7 rings (SSSR count). The predicted molar refractivity (Wildman–Crippen MR) is 177 cm³/mol.